The average Bonchev–Trinajstić information content (AvgIpc) is 2.72. The van der Waals surface area contributed by atoms with E-state index < -0.39 is 16.8 Å². The van der Waals surface area contributed by atoms with E-state index in [1.807, 2.05) is 19.2 Å². The zero-order chi connectivity index (χ0) is 22.1. The third-order valence-corrected chi connectivity index (χ3v) is 5.34. The standard InChI is InChI=1S/C10H14FN3O.C10H16N2O2S/c1-15-9-2-4-14(5-3-9)10-12-6-8(11)7-13-10;1-8-6-9(2)10(13)12(7-8)5-4-11-15(3)14/h6-7,9H,2-5H2,1H3;6-7,11H,4-5H2,1-3H3. The van der Waals surface area contributed by atoms with Gasteiger partial charge in [-0.15, -0.1) is 0 Å². The summed E-state index contributed by atoms with van der Waals surface area (Å²) in [7, 11) is 0.709. The Kier molecular flexibility index (Phi) is 9.54. The lowest BCUT2D eigenvalue weighted by molar-refractivity contribution is 0.0816. The van der Waals surface area contributed by atoms with Crippen LogP contribution in [0.3, 0.4) is 0 Å². The molecule has 0 saturated carbocycles. The maximum absolute atomic E-state index is 12.6. The van der Waals surface area contributed by atoms with Crippen molar-refractivity contribution in [3.63, 3.8) is 0 Å². The van der Waals surface area contributed by atoms with E-state index in [4.69, 9.17) is 4.74 Å². The lowest BCUT2D eigenvalue weighted by Gasteiger charge is -2.30. The molecule has 8 nitrogen and oxygen atoms in total. The largest absolute Gasteiger partial charge is 0.381 e. The predicted octanol–water partition coefficient (Wildman–Crippen LogP) is 1.58. The molecule has 166 valence electrons. The van der Waals surface area contributed by atoms with Gasteiger partial charge in [0.25, 0.3) is 5.56 Å². The Morgan fingerprint density at radius 3 is 2.47 bits per heavy atom. The molecule has 3 rings (SSSR count). The summed E-state index contributed by atoms with van der Waals surface area (Å²) in [5, 5.41) is 0. The number of ether oxygens (including phenoxy) is 1. The Bertz CT molecular complexity index is 883. The number of nitrogens with one attached hydrogen (secondary N) is 1. The van der Waals surface area contributed by atoms with E-state index in [0.29, 0.717) is 25.1 Å². The molecule has 1 aliphatic heterocycles. The van der Waals surface area contributed by atoms with E-state index in [2.05, 4.69) is 19.6 Å². The number of aryl methyl sites for hydroxylation is 2. The first-order valence-corrected chi connectivity index (χ1v) is 11.4. The minimum Gasteiger partial charge on any atom is -0.381 e. The van der Waals surface area contributed by atoms with Crippen LogP contribution in [0.2, 0.25) is 0 Å². The summed E-state index contributed by atoms with van der Waals surface area (Å²) < 4.78 is 33.1. The van der Waals surface area contributed by atoms with Crippen molar-refractivity contribution in [2.75, 3.05) is 37.9 Å². The van der Waals surface area contributed by atoms with Crippen LogP contribution < -0.4 is 15.2 Å². The van der Waals surface area contributed by atoms with Crippen molar-refractivity contribution in [2.45, 2.75) is 39.3 Å². The number of nitrogens with zero attached hydrogens (tertiary/aromatic N) is 4. The van der Waals surface area contributed by atoms with Gasteiger partial charge in [0.05, 0.1) is 29.5 Å². The summed E-state index contributed by atoms with van der Waals surface area (Å²) >= 11 is 0. The number of halogens is 1. The molecule has 0 aromatic carbocycles. The molecular weight excluding hydrogens is 409 g/mol. The second-order valence-corrected chi connectivity index (χ2v) is 8.37. The van der Waals surface area contributed by atoms with Crippen molar-refractivity contribution in [1.82, 2.24) is 19.3 Å². The van der Waals surface area contributed by atoms with E-state index >= 15 is 0 Å². The van der Waals surface area contributed by atoms with E-state index in [9.17, 15) is 13.4 Å². The van der Waals surface area contributed by atoms with Crippen molar-refractivity contribution >= 4 is 16.9 Å². The number of hydrogen-bond acceptors (Lipinski definition) is 6. The maximum atomic E-state index is 12.6. The predicted molar refractivity (Wildman–Crippen MR) is 116 cm³/mol. The first kappa shape index (κ1) is 24.1. The summed E-state index contributed by atoms with van der Waals surface area (Å²) in [4.78, 5) is 21.6. The molecule has 10 heteroatoms. The highest BCUT2D eigenvalue weighted by Gasteiger charge is 2.20. The van der Waals surface area contributed by atoms with E-state index in [-0.39, 0.29) is 5.56 Å². The molecule has 1 aliphatic rings. The van der Waals surface area contributed by atoms with Gasteiger partial charge in [-0.2, -0.15) is 0 Å². The second-order valence-electron chi connectivity index (χ2n) is 7.17. The van der Waals surface area contributed by atoms with Crippen molar-refractivity contribution in [3.05, 3.63) is 52.0 Å². The number of piperidine rings is 1. The number of rotatable bonds is 6. The van der Waals surface area contributed by atoms with Gasteiger partial charge in [0.15, 0.2) is 5.82 Å². The van der Waals surface area contributed by atoms with Crippen molar-refractivity contribution in [1.29, 1.82) is 0 Å². The van der Waals surface area contributed by atoms with Crippen molar-refractivity contribution in [2.24, 2.45) is 0 Å². The molecule has 0 aliphatic carbocycles. The van der Waals surface area contributed by atoms with Crippen LogP contribution in [0.25, 0.3) is 0 Å². The lowest BCUT2D eigenvalue weighted by Crippen LogP contribution is -2.37. The van der Waals surface area contributed by atoms with Crippen molar-refractivity contribution < 1.29 is 13.3 Å². The molecule has 2 aromatic rings. The zero-order valence-electron chi connectivity index (χ0n) is 17.9. The van der Waals surface area contributed by atoms with E-state index in [0.717, 1.165) is 37.1 Å². The molecular formula is C20H30FN5O3S. The smallest absolute Gasteiger partial charge is 0.253 e. The summed E-state index contributed by atoms with van der Waals surface area (Å²) in [5.74, 6) is 0.205. The highest BCUT2D eigenvalue weighted by molar-refractivity contribution is 7.82. The third kappa shape index (κ3) is 7.58. The van der Waals surface area contributed by atoms with E-state index in [1.54, 1.807) is 24.9 Å². The fourth-order valence-electron chi connectivity index (χ4n) is 3.21. The van der Waals surface area contributed by atoms with Crippen LogP contribution >= 0.6 is 0 Å². The van der Waals surface area contributed by atoms with Crippen LogP contribution in [0.5, 0.6) is 0 Å². The molecule has 2 aromatic heterocycles. The molecule has 1 saturated heterocycles. The third-order valence-electron chi connectivity index (χ3n) is 4.72. The van der Waals surface area contributed by atoms with Gasteiger partial charge in [-0.1, -0.05) is 0 Å². The molecule has 0 bridgehead atoms. The van der Waals surface area contributed by atoms with Crippen LogP contribution in [0.1, 0.15) is 24.0 Å². The maximum Gasteiger partial charge on any atom is 0.253 e. The fourth-order valence-corrected chi connectivity index (χ4v) is 3.59. The summed E-state index contributed by atoms with van der Waals surface area (Å²) in [5.41, 5.74) is 1.82. The first-order chi connectivity index (χ1) is 14.3. The van der Waals surface area contributed by atoms with Gasteiger partial charge in [-0.25, -0.2) is 23.3 Å². The monoisotopic (exact) mass is 439 g/mol. The number of aromatic nitrogens is 3. The Morgan fingerprint density at radius 2 is 1.90 bits per heavy atom. The number of hydrogen-bond donors (Lipinski definition) is 1. The Morgan fingerprint density at radius 1 is 1.27 bits per heavy atom. The normalized spacial score (nSPS) is 15.4. The van der Waals surface area contributed by atoms with E-state index in [1.165, 1.54) is 12.4 Å². The SMILES string of the molecule is COC1CCN(c2ncc(F)cn2)CC1.Cc1cc(C)c(=O)n(CCNS(C)=O)c1. The topological polar surface area (TPSA) is 89.3 Å². The summed E-state index contributed by atoms with van der Waals surface area (Å²) in [6, 6.07) is 1.87. The van der Waals surface area contributed by atoms with Crippen LogP contribution in [0.4, 0.5) is 10.3 Å². The van der Waals surface area contributed by atoms with Crippen LogP contribution in [0, 0.1) is 19.7 Å². The number of methoxy groups -OCH3 is 1. The molecule has 1 N–H and O–H groups in total. The molecule has 0 radical (unpaired) electrons. The van der Waals surface area contributed by atoms with Crippen LogP contribution in [-0.2, 0) is 22.3 Å². The Labute approximate surface area is 179 Å². The minimum atomic E-state index is -1.02. The Balaban J connectivity index is 0.000000214. The number of pyridine rings is 1. The highest BCUT2D eigenvalue weighted by atomic mass is 32.2. The van der Waals surface area contributed by atoms with Gasteiger partial charge < -0.3 is 14.2 Å². The highest BCUT2D eigenvalue weighted by Crippen LogP contribution is 2.17. The van der Waals surface area contributed by atoms with Gasteiger partial charge in [-0.05, 0) is 38.3 Å². The molecule has 1 atom stereocenters. The van der Waals surface area contributed by atoms with Gasteiger partial charge in [-0.3, -0.25) is 4.79 Å². The lowest BCUT2D eigenvalue weighted by atomic mass is 10.1. The quantitative estimate of drug-likeness (QED) is 0.735. The summed E-state index contributed by atoms with van der Waals surface area (Å²) in [6.45, 7) is 6.56. The first-order valence-electron chi connectivity index (χ1n) is 9.80. The molecule has 0 spiro atoms. The molecule has 30 heavy (non-hydrogen) atoms. The molecule has 1 unspecified atom stereocenters. The van der Waals surface area contributed by atoms with Crippen molar-refractivity contribution in [3.8, 4) is 0 Å². The van der Waals surface area contributed by atoms with Gasteiger partial charge in [0.2, 0.25) is 5.95 Å². The molecule has 0 amide bonds. The minimum absolute atomic E-state index is 0.0179. The number of anilines is 1. The zero-order valence-corrected chi connectivity index (χ0v) is 18.7. The van der Waals surface area contributed by atoms with Crippen LogP contribution in [-0.4, -0.2) is 57.8 Å². The summed E-state index contributed by atoms with van der Waals surface area (Å²) in [6.07, 6.45) is 8.06. The molecule has 1 fully saturated rings. The Hall–Kier alpha value is -2.17. The average molecular weight is 440 g/mol. The van der Waals surface area contributed by atoms with Crippen LogP contribution in [0.15, 0.2) is 29.5 Å². The molecule has 3 heterocycles. The second kappa shape index (κ2) is 11.9. The van der Waals surface area contributed by atoms with Gasteiger partial charge in [0.1, 0.15) is 0 Å². The fraction of sp³-hybridized carbons (Fsp3) is 0.550. The van der Waals surface area contributed by atoms with Gasteiger partial charge >= 0.3 is 0 Å². The van der Waals surface area contributed by atoms with Gasteiger partial charge in [0, 0.05) is 51.3 Å².